The lowest BCUT2D eigenvalue weighted by Crippen LogP contribution is -2.40. The summed E-state index contributed by atoms with van der Waals surface area (Å²) in [5.74, 6) is 2.28. The molecule has 0 amide bonds. The number of hydrogen-bond donors (Lipinski definition) is 1. The van der Waals surface area contributed by atoms with Gasteiger partial charge in [0, 0.05) is 25.3 Å². The number of unbranched alkanes of at least 4 members (excludes halogenated alkanes) is 1. The molecular formula is C16H25N3S. The molecule has 3 nitrogen and oxygen atoms in total. The molecule has 0 bridgehead atoms. The number of rotatable bonds is 6. The van der Waals surface area contributed by atoms with Gasteiger partial charge in [-0.1, -0.05) is 18.2 Å². The first-order valence-corrected chi connectivity index (χ1v) is 8.89. The first kappa shape index (κ1) is 15.2. The minimum atomic E-state index is 0.918. The molecule has 1 aliphatic rings. The molecule has 4 heteroatoms. The minimum Gasteiger partial charge on any atom is -0.356 e. The molecule has 1 aromatic rings. The van der Waals surface area contributed by atoms with Crippen molar-refractivity contribution in [1.29, 1.82) is 0 Å². The third kappa shape index (κ3) is 3.92. The van der Waals surface area contributed by atoms with Crippen LogP contribution in [0.5, 0.6) is 0 Å². The summed E-state index contributed by atoms with van der Waals surface area (Å²) in [6, 6.07) is 8.65. The number of para-hydroxylation sites is 1. The van der Waals surface area contributed by atoms with Crippen molar-refractivity contribution in [3.05, 3.63) is 29.8 Å². The molecule has 0 fully saturated rings. The highest BCUT2D eigenvalue weighted by atomic mass is 32.2. The zero-order chi connectivity index (χ0) is 14.2. The zero-order valence-electron chi connectivity index (χ0n) is 12.6. The average Bonchev–Trinajstić information content (AvgIpc) is 2.90. The Labute approximate surface area is 126 Å². The van der Waals surface area contributed by atoms with E-state index in [0.29, 0.717) is 0 Å². The van der Waals surface area contributed by atoms with Crippen molar-refractivity contribution < 1.29 is 0 Å². The maximum Gasteiger partial charge on any atom is 0.198 e. The summed E-state index contributed by atoms with van der Waals surface area (Å²) < 4.78 is 0. The first-order chi connectivity index (χ1) is 9.86. The van der Waals surface area contributed by atoms with E-state index < -0.39 is 0 Å². The molecule has 0 radical (unpaired) electrons. The molecule has 0 aliphatic carbocycles. The van der Waals surface area contributed by atoms with Crippen LogP contribution >= 0.6 is 11.8 Å². The number of benzene rings is 1. The summed E-state index contributed by atoms with van der Waals surface area (Å²) in [5.41, 5.74) is 2.75. The van der Waals surface area contributed by atoms with Crippen LogP contribution in [0.15, 0.2) is 29.3 Å². The largest absolute Gasteiger partial charge is 0.356 e. The van der Waals surface area contributed by atoms with Crippen LogP contribution in [0.1, 0.15) is 25.3 Å². The van der Waals surface area contributed by atoms with Crippen molar-refractivity contribution in [2.45, 2.75) is 26.2 Å². The highest BCUT2D eigenvalue weighted by Crippen LogP contribution is 2.27. The molecule has 1 aromatic carbocycles. The highest BCUT2D eigenvalue weighted by molar-refractivity contribution is 7.98. The van der Waals surface area contributed by atoms with E-state index in [1.54, 1.807) is 0 Å². The molecule has 1 heterocycles. The van der Waals surface area contributed by atoms with E-state index in [1.807, 2.05) is 11.8 Å². The number of hydrogen-bond acceptors (Lipinski definition) is 2. The molecule has 0 atom stereocenters. The van der Waals surface area contributed by atoms with E-state index in [2.05, 4.69) is 47.7 Å². The van der Waals surface area contributed by atoms with Crippen LogP contribution in [0, 0.1) is 0 Å². The SMILES string of the molecule is CCNC(=NCCCCSC)N1CCc2ccccc21. The number of guanidine groups is 1. The fourth-order valence-electron chi connectivity index (χ4n) is 2.50. The Morgan fingerprint density at radius 3 is 3.00 bits per heavy atom. The number of thioether (sulfide) groups is 1. The average molecular weight is 291 g/mol. The Kier molecular flexibility index (Phi) is 6.25. The normalized spacial score (nSPS) is 14.5. The van der Waals surface area contributed by atoms with Gasteiger partial charge in [-0.05, 0) is 49.8 Å². The number of nitrogens with zero attached hydrogens (tertiary/aromatic N) is 2. The summed E-state index contributed by atoms with van der Waals surface area (Å²) in [7, 11) is 0. The summed E-state index contributed by atoms with van der Waals surface area (Å²) in [6.45, 7) is 5.01. The van der Waals surface area contributed by atoms with Crippen LogP contribution in [-0.2, 0) is 6.42 Å². The first-order valence-electron chi connectivity index (χ1n) is 7.49. The fraction of sp³-hybridized carbons (Fsp3) is 0.562. The lowest BCUT2D eigenvalue weighted by Gasteiger charge is -2.22. The van der Waals surface area contributed by atoms with Gasteiger partial charge in [-0.25, -0.2) is 0 Å². The van der Waals surface area contributed by atoms with Crippen LogP contribution in [-0.4, -0.2) is 37.6 Å². The second-order valence-electron chi connectivity index (χ2n) is 4.97. The van der Waals surface area contributed by atoms with Gasteiger partial charge in [-0.15, -0.1) is 0 Å². The van der Waals surface area contributed by atoms with Crippen molar-refractivity contribution in [3.8, 4) is 0 Å². The van der Waals surface area contributed by atoms with Crippen molar-refractivity contribution in [2.75, 3.05) is 36.5 Å². The Morgan fingerprint density at radius 2 is 2.20 bits per heavy atom. The van der Waals surface area contributed by atoms with Crippen molar-refractivity contribution >= 4 is 23.4 Å². The molecule has 0 spiro atoms. The summed E-state index contributed by atoms with van der Waals surface area (Å²) >= 11 is 1.91. The minimum absolute atomic E-state index is 0.918. The number of nitrogens with one attached hydrogen (secondary N) is 1. The molecule has 0 aromatic heterocycles. The van der Waals surface area contributed by atoms with E-state index >= 15 is 0 Å². The lowest BCUT2D eigenvalue weighted by atomic mass is 10.2. The maximum atomic E-state index is 4.79. The predicted molar refractivity (Wildman–Crippen MR) is 91.1 cm³/mol. The van der Waals surface area contributed by atoms with Gasteiger partial charge >= 0.3 is 0 Å². The second-order valence-corrected chi connectivity index (χ2v) is 5.95. The quantitative estimate of drug-likeness (QED) is 0.496. The van der Waals surface area contributed by atoms with E-state index in [-0.39, 0.29) is 0 Å². The second kappa shape index (κ2) is 8.20. The molecule has 2 rings (SSSR count). The lowest BCUT2D eigenvalue weighted by molar-refractivity contribution is 0.798. The molecule has 0 unspecified atom stereocenters. The van der Waals surface area contributed by atoms with Crippen LogP contribution < -0.4 is 10.2 Å². The van der Waals surface area contributed by atoms with Crippen molar-refractivity contribution in [3.63, 3.8) is 0 Å². The molecule has 20 heavy (non-hydrogen) atoms. The summed E-state index contributed by atoms with van der Waals surface area (Å²) in [4.78, 5) is 7.12. The van der Waals surface area contributed by atoms with Crippen LogP contribution in [0.4, 0.5) is 5.69 Å². The van der Waals surface area contributed by atoms with Crippen molar-refractivity contribution in [1.82, 2.24) is 5.32 Å². The zero-order valence-corrected chi connectivity index (χ0v) is 13.4. The van der Waals surface area contributed by atoms with E-state index in [0.717, 1.165) is 32.0 Å². The smallest absolute Gasteiger partial charge is 0.198 e. The topological polar surface area (TPSA) is 27.6 Å². The molecule has 0 saturated heterocycles. The van der Waals surface area contributed by atoms with Crippen molar-refractivity contribution in [2.24, 2.45) is 4.99 Å². The highest BCUT2D eigenvalue weighted by Gasteiger charge is 2.21. The van der Waals surface area contributed by atoms with Gasteiger partial charge in [-0.2, -0.15) is 11.8 Å². The third-order valence-corrected chi connectivity index (χ3v) is 4.19. The fourth-order valence-corrected chi connectivity index (χ4v) is 2.99. The van der Waals surface area contributed by atoms with Gasteiger partial charge in [0.05, 0.1) is 0 Å². The Morgan fingerprint density at radius 1 is 1.35 bits per heavy atom. The monoisotopic (exact) mass is 291 g/mol. The van der Waals surface area contributed by atoms with Gasteiger partial charge in [0.15, 0.2) is 5.96 Å². The summed E-state index contributed by atoms with van der Waals surface area (Å²) in [5, 5.41) is 3.43. The van der Waals surface area contributed by atoms with Gasteiger partial charge in [0.25, 0.3) is 0 Å². The Balaban J connectivity index is 2.00. The number of anilines is 1. The van der Waals surface area contributed by atoms with Gasteiger partial charge in [0.2, 0.25) is 0 Å². The van der Waals surface area contributed by atoms with Crippen LogP contribution in [0.3, 0.4) is 0 Å². The standard InChI is InChI=1S/C16H25N3S/c1-3-17-16(18-11-6-7-13-20-2)19-12-10-14-8-4-5-9-15(14)19/h4-5,8-9H,3,6-7,10-13H2,1-2H3,(H,17,18). The number of fused-ring (bicyclic) bond motifs is 1. The number of aliphatic imine (C=N–C) groups is 1. The maximum absolute atomic E-state index is 4.79. The van der Waals surface area contributed by atoms with Gasteiger partial charge < -0.3 is 10.2 Å². The third-order valence-electron chi connectivity index (χ3n) is 3.50. The van der Waals surface area contributed by atoms with E-state index in [9.17, 15) is 0 Å². The molecule has 0 saturated carbocycles. The molecular weight excluding hydrogens is 266 g/mol. The van der Waals surface area contributed by atoms with Crippen LogP contribution in [0.25, 0.3) is 0 Å². The van der Waals surface area contributed by atoms with Gasteiger partial charge in [-0.3, -0.25) is 4.99 Å². The molecule has 1 N–H and O–H groups in total. The summed E-state index contributed by atoms with van der Waals surface area (Å²) in [6.07, 6.45) is 5.70. The van der Waals surface area contributed by atoms with Crippen LogP contribution in [0.2, 0.25) is 0 Å². The van der Waals surface area contributed by atoms with Gasteiger partial charge in [0.1, 0.15) is 0 Å². The van der Waals surface area contributed by atoms with E-state index in [4.69, 9.17) is 4.99 Å². The predicted octanol–water partition coefficient (Wildman–Crippen LogP) is 3.16. The molecule has 110 valence electrons. The Hall–Kier alpha value is -1.16. The molecule has 1 aliphatic heterocycles. The Bertz CT molecular complexity index is 445. The van der Waals surface area contributed by atoms with E-state index in [1.165, 1.54) is 29.8 Å².